The monoisotopic (exact) mass is 386 g/mol. The fraction of sp³-hybridized carbons (Fsp3) is 0.211. The van der Waals surface area contributed by atoms with E-state index in [2.05, 4.69) is 21.5 Å². The largest absolute Gasteiger partial charge is 0.497 e. The molecule has 2 amide bonds. The highest BCUT2D eigenvalue weighted by Gasteiger charge is 2.08. The molecule has 0 aliphatic rings. The van der Waals surface area contributed by atoms with Crippen LogP contribution in [0.4, 0.5) is 0 Å². The summed E-state index contributed by atoms with van der Waals surface area (Å²) in [7, 11) is 1.61. The number of benzene rings is 2. The van der Waals surface area contributed by atoms with E-state index in [1.165, 1.54) is 0 Å². The number of methoxy groups -OCH3 is 1. The van der Waals surface area contributed by atoms with Crippen LogP contribution in [0.1, 0.15) is 21.5 Å². The predicted molar refractivity (Wildman–Crippen MR) is 107 cm³/mol. The molecule has 0 radical (unpaired) electrons. The molecule has 0 atom stereocenters. The molecule has 142 valence electrons. The van der Waals surface area contributed by atoms with Gasteiger partial charge < -0.3 is 15.4 Å². The number of carbonyl (C=O) groups excluding carboxylic acids is 2. The molecule has 27 heavy (non-hydrogen) atoms. The van der Waals surface area contributed by atoms with E-state index < -0.39 is 5.91 Å². The minimum Gasteiger partial charge on any atom is -0.497 e. The Balaban J connectivity index is 1.66. The SMILES string of the molecule is COc1ccc(CNC(=S)NNC(=O)CNC(=O)c2cccc(C)c2)cc1. The first-order chi connectivity index (χ1) is 13.0. The summed E-state index contributed by atoms with van der Waals surface area (Å²) in [6, 6.07) is 14.7. The summed E-state index contributed by atoms with van der Waals surface area (Å²) < 4.78 is 5.10. The Morgan fingerprint density at radius 2 is 1.78 bits per heavy atom. The van der Waals surface area contributed by atoms with E-state index in [0.29, 0.717) is 12.1 Å². The Morgan fingerprint density at radius 1 is 1.04 bits per heavy atom. The van der Waals surface area contributed by atoms with Gasteiger partial charge in [-0.15, -0.1) is 0 Å². The Bertz CT molecular complexity index is 809. The van der Waals surface area contributed by atoms with Gasteiger partial charge in [-0.2, -0.15) is 0 Å². The summed E-state index contributed by atoms with van der Waals surface area (Å²) >= 11 is 5.10. The molecule has 2 rings (SSSR count). The fourth-order valence-corrected chi connectivity index (χ4v) is 2.31. The quantitative estimate of drug-likeness (QED) is 0.444. The standard InChI is InChI=1S/C19H22N4O3S/c1-13-4-3-5-15(10-13)18(25)20-12-17(24)22-23-19(27)21-11-14-6-8-16(26-2)9-7-14/h3-10H,11-12H2,1-2H3,(H,20,25)(H,22,24)(H2,21,23,27). The van der Waals surface area contributed by atoms with Crippen LogP contribution < -0.4 is 26.2 Å². The summed E-state index contributed by atoms with van der Waals surface area (Å²) in [6.07, 6.45) is 0. The van der Waals surface area contributed by atoms with Gasteiger partial charge >= 0.3 is 0 Å². The van der Waals surface area contributed by atoms with E-state index in [1.54, 1.807) is 25.3 Å². The maximum atomic E-state index is 12.0. The zero-order valence-electron chi connectivity index (χ0n) is 15.2. The second kappa shape index (κ2) is 10.1. The maximum absolute atomic E-state index is 12.0. The molecule has 0 aliphatic carbocycles. The minimum absolute atomic E-state index is 0.166. The number of carbonyl (C=O) groups is 2. The third-order valence-electron chi connectivity index (χ3n) is 3.62. The van der Waals surface area contributed by atoms with Gasteiger partial charge in [-0.25, -0.2) is 0 Å². The molecule has 0 saturated heterocycles. The van der Waals surface area contributed by atoms with Gasteiger partial charge in [0.1, 0.15) is 5.75 Å². The second-order valence-corrected chi connectivity index (χ2v) is 6.16. The second-order valence-electron chi connectivity index (χ2n) is 5.76. The molecule has 0 fully saturated rings. The van der Waals surface area contributed by atoms with Crippen LogP contribution in [0.5, 0.6) is 5.75 Å². The van der Waals surface area contributed by atoms with Crippen molar-refractivity contribution in [1.29, 1.82) is 0 Å². The van der Waals surface area contributed by atoms with Gasteiger partial charge in [-0.05, 0) is 49.0 Å². The number of thiocarbonyl (C=S) groups is 1. The molecule has 0 heterocycles. The van der Waals surface area contributed by atoms with Crippen LogP contribution in [0.25, 0.3) is 0 Å². The smallest absolute Gasteiger partial charge is 0.257 e. The normalized spacial score (nSPS) is 9.85. The minimum atomic E-state index is -0.412. The summed E-state index contributed by atoms with van der Waals surface area (Å²) in [6.45, 7) is 2.23. The van der Waals surface area contributed by atoms with Gasteiger partial charge in [-0.3, -0.25) is 20.4 Å². The number of hydrazine groups is 1. The number of nitrogens with one attached hydrogen (secondary N) is 4. The first-order valence-corrected chi connectivity index (χ1v) is 8.69. The molecule has 8 heteroatoms. The van der Waals surface area contributed by atoms with E-state index in [-0.39, 0.29) is 17.6 Å². The maximum Gasteiger partial charge on any atom is 0.257 e. The number of amides is 2. The van der Waals surface area contributed by atoms with Gasteiger partial charge in [-0.1, -0.05) is 29.8 Å². The Kier molecular flexibility index (Phi) is 7.57. The zero-order chi connectivity index (χ0) is 19.6. The van der Waals surface area contributed by atoms with Crippen molar-refractivity contribution in [3.63, 3.8) is 0 Å². The number of rotatable bonds is 6. The van der Waals surface area contributed by atoms with Crippen LogP contribution in [0.2, 0.25) is 0 Å². The van der Waals surface area contributed by atoms with Crippen molar-refractivity contribution in [3.8, 4) is 5.75 Å². The third kappa shape index (κ3) is 6.95. The van der Waals surface area contributed by atoms with E-state index in [9.17, 15) is 9.59 Å². The van der Waals surface area contributed by atoms with E-state index >= 15 is 0 Å². The van der Waals surface area contributed by atoms with Crippen LogP contribution in [0.3, 0.4) is 0 Å². The highest BCUT2D eigenvalue weighted by atomic mass is 32.1. The molecule has 2 aromatic rings. The molecular weight excluding hydrogens is 364 g/mol. The summed E-state index contributed by atoms with van der Waals surface area (Å²) in [5.41, 5.74) is 7.51. The molecule has 0 saturated carbocycles. The highest BCUT2D eigenvalue weighted by molar-refractivity contribution is 7.80. The molecule has 4 N–H and O–H groups in total. The Morgan fingerprint density at radius 3 is 2.44 bits per heavy atom. The van der Waals surface area contributed by atoms with Crippen molar-refractivity contribution in [3.05, 3.63) is 65.2 Å². The van der Waals surface area contributed by atoms with Crippen LogP contribution in [0.15, 0.2) is 48.5 Å². The molecular formula is C19H22N4O3S. The molecule has 0 aromatic heterocycles. The average Bonchev–Trinajstić information content (AvgIpc) is 2.69. The predicted octanol–water partition coefficient (Wildman–Crippen LogP) is 1.43. The summed E-state index contributed by atoms with van der Waals surface area (Å²) in [5.74, 6) is 0.0538. The van der Waals surface area contributed by atoms with Gasteiger partial charge in [0.2, 0.25) is 0 Å². The average molecular weight is 386 g/mol. The highest BCUT2D eigenvalue weighted by Crippen LogP contribution is 2.10. The van der Waals surface area contributed by atoms with Gasteiger partial charge in [0.25, 0.3) is 11.8 Å². The molecule has 0 aliphatic heterocycles. The van der Waals surface area contributed by atoms with Crippen molar-refractivity contribution in [1.82, 2.24) is 21.5 Å². The van der Waals surface area contributed by atoms with Crippen molar-refractivity contribution >= 4 is 29.1 Å². The first kappa shape index (κ1) is 20.2. The van der Waals surface area contributed by atoms with Crippen LogP contribution >= 0.6 is 12.2 Å². The molecule has 2 aromatic carbocycles. The van der Waals surface area contributed by atoms with Crippen LogP contribution in [0, 0.1) is 6.92 Å². The Hall–Kier alpha value is -3.13. The van der Waals surface area contributed by atoms with E-state index in [0.717, 1.165) is 16.9 Å². The van der Waals surface area contributed by atoms with Crippen molar-refractivity contribution in [2.75, 3.05) is 13.7 Å². The third-order valence-corrected chi connectivity index (χ3v) is 3.86. The first-order valence-electron chi connectivity index (χ1n) is 8.28. The number of ether oxygens (including phenoxy) is 1. The molecule has 0 unspecified atom stereocenters. The topological polar surface area (TPSA) is 91.5 Å². The van der Waals surface area contributed by atoms with Crippen LogP contribution in [-0.4, -0.2) is 30.6 Å². The molecule has 0 bridgehead atoms. The Labute approximate surface area is 163 Å². The van der Waals surface area contributed by atoms with E-state index in [1.807, 2.05) is 37.3 Å². The lowest BCUT2D eigenvalue weighted by atomic mass is 10.1. The van der Waals surface area contributed by atoms with Crippen molar-refractivity contribution in [2.45, 2.75) is 13.5 Å². The lowest BCUT2D eigenvalue weighted by Crippen LogP contribution is -2.49. The van der Waals surface area contributed by atoms with Crippen molar-refractivity contribution < 1.29 is 14.3 Å². The summed E-state index contributed by atoms with van der Waals surface area (Å²) in [5, 5.41) is 5.79. The fourth-order valence-electron chi connectivity index (χ4n) is 2.19. The van der Waals surface area contributed by atoms with Gasteiger partial charge in [0, 0.05) is 12.1 Å². The number of aryl methyl sites for hydroxylation is 1. The zero-order valence-corrected chi connectivity index (χ0v) is 16.0. The van der Waals surface area contributed by atoms with Gasteiger partial charge in [0.15, 0.2) is 5.11 Å². The molecule has 7 nitrogen and oxygen atoms in total. The number of hydrogen-bond acceptors (Lipinski definition) is 4. The lowest BCUT2D eigenvalue weighted by molar-refractivity contribution is -0.120. The number of hydrogen-bond donors (Lipinski definition) is 4. The van der Waals surface area contributed by atoms with Crippen LogP contribution in [-0.2, 0) is 11.3 Å². The molecule has 0 spiro atoms. The van der Waals surface area contributed by atoms with Crippen molar-refractivity contribution in [2.24, 2.45) is 0 Å². The van der Waals surface area contributed by atoms with E-state index in [4.69, 9.17) is 17.0 Å². The lowest BCUT2D eigenvalue weighted by Gasteiger charge is -2.12. The van der Waals surface area contributed by atoms with Gasteiger partial charge in [0.05, 0.1) is 13.7 Å². The summed E-state index contributed by atoms with van der Waals surface area (Å²) in [4.78, 5) is 23.8.